The van der Waals surface area contributed by atoms with Crippen molar-refractivity contribution in [3.8, 4) is 0 Å². The van der Waals surface area contributed by atoms with Gasteiger partial charge in [0.2, 0.25) is 0 Å². The fourth-order valence-electron chi connectivity index (χ4n) is 2.74. The monoisotopic (exact) mass is 246 g/mol. The van der Waals surface area contributed by atoms with E-state index in [9.17, 15) is 0 Å². The summed E-state index contributed by atoms with van der Waals surface area (Å²) in [6, 6.07) is 3.33. The first-order chi connectivity index (χ1) is 8.92. The molecule has 98 valence electrons. The third kappa shape index (κ3) is 3.27. The number of hydrogen-bond acceptors (Lipinski definition) is 4. The molecule has 1 aliphatic heterocycles. The first-order valence-electron chi connectivity index (χ1n) is 7.15. The standard InChI is InChI=1S/C14H22N4/c1-2-7-15-12(4-1)10-18(13-5-6-13)11-14-16-8-3-9-17-14/h3,8-9,12-13,15H,1-2,4-7,10-11H2. The Balaban J connectivity index is 1.58. The van der Waals surface area contributed by atoms with Gasteiger partial charge in [-0.05, 0) is 38.3 Å². The lowest BCUT2D eigenvalue weighted by Crippen LogP contribution is -2.44. The van der Waals surface area contributed by atoms with E-state index in [-0.39, 0.29) is 0 Å². The molecule has 1 aliphatic carbocycles. The smallest absolute Gasteiger partial charge is 0.142 e. The van der Waals surface area contributed by atoms with Gasteiger partial charge >= 0.3 is 0 Å². The highest BCUT2D eigenvalue weighted by atomic mass is 15.2. The van der Waals surface area contributed by atoms with Crippen molar-refractivity contribution in [3.05, 3.63) is 24.3 Å². The number of aromatic nitrogens is 2. The Morgan fingerprint density at radius 2 is 2.00 bits per heavy atom. The molecule has 2 aliphatic rings. The van der Waals surface area contributed by atoms with Crippen LogP contribution in [0.4, 0.5) is 0 Å². The molecule has 2 heterocycles. The van der Waals surface area contributed by atoms with E-state index in [1.165, 1.54) is 38.6 Å². The quantitative estimate of drug-likeness (QED) is 0.856. The van der Waals surface area contributed by atoms with Gasteiger partial charge in [-0.15, -0.1) is 0 Å². The van der Waals surface area contributed by atoms with Crippen LogP contribution in [0.1, 0.15) is 37.9 Å². The lowest BCUT2D eigenvalue weighted by atomic mass is 10.0. The van der Waals surface area contributed by atoms with Crippen molar-refractivity contribution in [2.45, 2.75) is 50.7 Å². The third-order valence-corrected chi connectivity index (χ3v) is 3.89. The Labute approximate surface area is 109 Å². The summed E-state index contributed by atoms with van der Waals surface area (Å²) >= 11 is 0. The van der Waals surface area contributed by atoms with E-state index in [1.807, 2.05) is 18.5 Å². The van der Waals surface area contributed by atoms with Crippen molar-refractivity contribution in [2.24, 2.45) is 0 Å². The molecular weight excluding hydrogens is 224 g/mol. The number of nitrogens with zero attached hydrogens (tertiary/aromatic N) is 3. The van der Waals surface area contributed by atoms with Gasteiger partial charge in [-0.3, -0.25) is 4.90 Å². The van der Waals surface area contributed by atoms with Crippen molar-refractivity contribution in [2.75, 3.05) is 13.1 Å². The molecule has 0 spiro atoms. The maximum Gasteiger partial charge on any atom is 0.142 e. The maximum absolute atomic E-state index is 4.35. The van der Waals surface area contributed by atoms with Crippen molar-refractivity contribution < 1.29 is 0 Å². The molecule has 1 aromatic rings. The van der Waals surface area contributed by atoms with Gasteiger partial charge in [-0.1, -0.05) is 6.42 Å². The van der Waals surface area contributed by atoms with Crippen LogP contribution >= 0.6 is 0 Å². The van der Waals surface area contributed by atoms with Crippen LogP contribution in [0.25, 0.3) is 0 Å². The average Bonchev–Trinajstić information content (AvgIpc) is 3.25. The molecular formula is C14H22N4. The maximum atomic E-state index is 4.35. The molecule has 4 heteroatoms. The van der Waals surface area contributed by atoms with E-state index in [2.05, 4.69) is 20.2 Å². The fraction of sp³-hybridized carbons (Fsp3) is 0.714. The van der Waals surface area contributed by atoms with Gasteiger partial charge < -0.3 is 5.32 Å². The number of nitrogens with one attached hydrogen (secondary N) is 1. The highest BCUT2D eigenvalue weighted by molar-refractivity contribution is 4.94. The Morgan fingerprint density at radius 3 is 2.67 bits per heavy atom. The van der Waals surface area contributed by atoms with E-state index in [0.29, 0.717) is 6.04 Å². The van der Waals surface area contributed by atoms with Crippen LogP contribution < -0.4 is 5.32 Å². The van der Waals surface area contributed by atoms with Crippen LogP contribution in [0.15, 0.2) is 18.5 Å². The van der Waals surface area contributed by atoms with E-state index >= 15 is 0 Å². The van der Waals surface area contributed by atoms with Gasteiger partial charge in [0.1, 0.15) is 5.82 Å². The Bertz CT molecular complexity index is 357. The Hall–Kier alpha value is -1.00. The summed E-state index contributed by atoms with van der Waals surface area (Å²) in [6.07, 6.45) is 10.4. The summed E-state index contributed by atoms with van der Waals surface area (Å²) in [5, 5.41) is 3.64. The average molecular weight is 246 g/mol. The molecule has 2 fully saturated rings. The zero-order valence-corrected chi connectivity index (χ0v) is 10.9. The molecule has 1 saturated carbocycles. The summed E-state index contributed by atoms with van der Waals surface area (Å²) in [4.78, 5) is 11.3. The highest BCUT2D eigenvalue weighted by Crippen LogP contribution is 2.28. The van der Waals surface area contributed by atoms with Gasteiger partial charge in [0, 0.05) is 31.0 Å². The second kappa shape index (κ2) is 5.76. The molecule has 0 amide bonds. The molecule has 0 aromatic carbocycles. The van der Waals surface area contributed by atoms with Gasteiger partial charge in [0.05, 0.1) is 6.54 Å². The number of piperidine rings is 1. The predicted octanol–water partition coefficient (Wildman–Crippen LogP) is 1.58. The first-order valence-corrected chi connectivity index (χ1v) is 7.15. The van der Waals surface area contributed by atoms with Gasteiger partial charge in [0.15, 0.2) is 0 Å². The largest absolute Gasteiger partial charge is 0.313 e. The number of hydrogen-bond donors (Lipinski definition) is 1. The molecule has 1 unspecified atom stereocenters. The lowest BCUT2D eigenvalue weighted by molar-refractivity contribution is 0.204. The van der Waals surface area contributed by atoms with E-state index < -0.39 is 0 Å². The van der Waals surface area contributed by atoms with Crippen molar-refractivity contribution >= 4 is 0 Å². The van der Waals surface area contributed by atoms with E-state index in [0.717, 1.165) is 25.0 Å². The fourth-order valence-corrected chi connectivity index (χ4v) is 2.74. The second-order valence-corrected chi connectivity index (χ2v) is 5.47. The van der Waals surface area contributed by atoms with Crippen molar-refractivity contribution in [1.29, 1.82) is 0 Å². The van der Waals surface area contributed by atoms with Gasteiger partial charge in [-0.25, -0.2) is 9.97 Å². The summed E-state index contributed by atoms with van der Waals surface area (Å²) in [7, 11) is 0. The van der Waals surface area contributed by atoms with Crippen LogP contribution in [-0.4, -0.2) is 40.0 Å². The second-order valence-electron chi connectivity index (χ2n) is 5.47. The molecule has 18 heavy (non-hydrogen) atoms. The first kappa shape index (κ1) is 12.1. The Morgan fingerprint density at radius 1 is 1.17 bits per heavy atom. The van der Waals surface area contributed by atoms with Crippen molar-refractivity contribution in [1.82, 2.24) is 20.2 Å². The number of rotatable bonds is 5. The van der Waals surface area contributed by atoms with Crippen LogP contribution in [-0.2, 0) is 6.54 Å². The Kier molecular flexibility index (Phi) is 3.86. The molecule has 1 aromatic heterocycles. The predicted molar refractivity (Wildman–Crippen MR) is 71.1 cm³/mol. The topological polar surface area (TPSA) is 41.1 Å². The van der Waals surface area contributed by atoms with E-state index in [1.54, 1.807) is 0 Å². The third-order valence-electron chi connectivity index (χ3n) is 3.89. The highest BCUT2D eigenvalue weighted by Gasteiger charge is 2.31. The zero-order chi connectivity index (χ0) is 12.2. The molecule has 1 atom stereocenters. The minimum atomic E-state index is 0.670. The molecule has 4 nitrogen and oxygen atoms in total. The minimum absolute atomic E-state index is 0.670. The van der Waals surface area contributed by atoms with Crippen LogP contribution in [0, 0.1) is 0 Å². The van der Waals surface area contributed by atoms with Gasteiger partial charge in [-0.2, -0.15) is 0 Å². The minimum Gasteiger partial charge on any atom is -0.313 e. The SMILES string of the molecule is c1cnc(CN(CC2CCCCN2)C2CC2)nc1. The lowest BCUT2D eigenvalue weighted by Gasteiger charge is -2.30. The molecule has 3 rings (SSSR count). The summed E-state index contributed by atoms with van der Waals surface area (Å²) < 4.78 is 0. The summed E-state index contributed by atoms with van der Waals surface area (Å²) in [5.74, 6) is 0.959. The summed E-state index contributed by atoms with van der Waals surface area (Å²) in [5.41, 5.74) is 0. The molecule has 0 radical (unpaired) electrons. The summed E-state index contributed by atoms with van der Waals surface area (Å²) in [6.45, 7) is 3.25. The van der Waals surface area contributed by atoms with Crippen LogP contribution in [0.2, 0.25) is 0 Å². The molecule has 0 bridgehead atoms. The van der Waals surface area contributed by atoms with Crippen molar-refractivity contribution in [3.63, 3.8) is 0 Å². The van der Waals surface area contributed by atoms with Crippen LogP contribution in [0.5, 0.6) is 0 Å². The van der Waals surface area contributed by atoms with Gasteiger partial charge in [0.25, 0.3) is 0 Å². The van der Waals surface area contributed by atoms with E-state index in [4.69, 9.17) is 0 Å². The molecule has 1 N–H and O–H groups in total. The normalized spacial score (nSPS) is 24.4. The zero-order valence-electron chi connectivity index (χ0n) is 10.9. The molecule has 1 saturated heterocycles. The van der Waals surface area contributed by atoms with Crippen LogP contribution in [0.3, 0.4) is 0 Å².